The predicted molar refractivity (Wildman–Crippen MR) is 84.0 cm³/mol. The van der Waals surface area contributed by atoms with Crippen LogP contribution < -0.4 is 5.32 Å². The molecule has 1 unspecified atom stereocenters. The van der Waals surface area contributed by atoms with E-state index >= 15 is 0 Å². The van der Waals surface area contributed by atoms with Gasteiger partial charge in [0.05, 0.1) is 24.0 Å². The van der Waals surface area contributed by atoms with Gasteiger partial charge < -0.3 is 15.0 Å². The Kier molecular flexibility index (Phi) is 4.86. The largest absolute Gasteiger partial charge is 0.392 e. The summed E-state index contributed by atoms with van der Waals surface area (Å²) in [6, 6.07) is -0.418. The molecule has 1 atom stereocenters. The lowest BCUT2D eigenvalue weighted by Gasteiger charge is -2.50. The van der Waals surface area contributed by atoms with Crippen LogP contribution in [-0.4, -0.2) is 53.4 Å². The summed E-state index contributed by atoms with van der Waals surface area (Å²) in [6.07, 6.45) is -0.755. The minimum Gasteiger partial charge on any atom is -0.381 e. The van der Waals surface area contributed by atoms with E-state index in [1.165, 1.54) is 17.3 Å². The van der Waals surface area contributed by atoms with Crippen LogP contribution in [0.5, 0.6) is 0 Å². The van der Waals surface area contributed by atoms with E-state index in [0.29, 0.717) is 37.6 Å². The lowest BCUT2D eigenvalue weighted by Crippen LogP contribution is -2.57. The Hall–Kier alpha value is -1.90. The van der Waals surface area contributed by atoms with Crippen molar-refractivity contribution < 1.29 is 22.7 Å². The first-order valence-corrected chi connectivity index (χ1v) is 8.29. The topological polar surface area (TPSA) is 67.4 Å². The SMILES string of the molecule is Cc1ncc(NC(=O)N2CCC(C(F)(F)F)C3(CCOCC3)C2)cn1. The Morgan fingerprint density at radius 3 is 2.56 bits per heavy atom. The second-order valence-corrected chi connectivity index (χ2v) is 6.73. The third kappa shape index (κ3) is 3.86. The number of nitrogens with zero attached hydrogens (tertiary/aromatic N) is 3. The predicted octanol–water partition coefficient (Wildman–Crippen LogP) is 3.00. The van der Waals surface area contributed by atoms with Crippen LogP contribution in [0.25, 0.3) is 0 Å². The summed E-state index contributed by atoms with van der Waals surface area (Å²) >= 11 is 0. The third-order valence-electron chi connectivity index (χ3n) is 5.14. The molecule has 3 rings (SSSR count). The highest BCUT2D eigenvalue weighted by atomic mass is 19.4. The molecule has 3 heterocycles. The molecule has 1 N–H and O–H groups in total. The number of alkyl halides is 3. The summed E-state index contributed by atoms with van der Waals surface area (Å²) in [5, 5.41) is 2.66. The zero-order chi connectivity index (χ0) is 18.1. The minimum atomic E-state index is -4.26. The summed E-state index contributed by atoms with van der Waals surface area (Å²) in [7, 11) is 0. The van der Waals surface area contributed by atoms with E-state index < -0.39 is 23.5 Å². The van der Waals surface area contributed by atoms with Crippen LogP contribution >= 0.6 is 0 Å². The van der Waals surface area contributed by atoms with Crippen molar-refractivity contribution >= 4 is 11.7 Å². The molecule has 2 aliphatic rings. The molecule has 0 saturated carbocycles. The van der Waals surface area contributed by atoms with Crippen LogP contribution in [-0.2, 0) is 4.74 Å². The Bertz CT molecular complexity index is 615. The lowest BCUT2D eigenvalue weighted by molar-refractivity contribution is -0.232. The number of nitrogens with one attached hydrogen (secondary N) is 1. The number of carbonyl (C=O) groups is 1. The zero-order valence-corrected chi connectivity index (χ0v) is 14.0. The number of piperidine rings is 1. The average molecular weight is 358 g/mol. The zero-order valence-electron chi connectivity index (χ0n) is 14.0. The van der Waals surface area contributed by atoms with Crippen molar-refractivity contribution in [2.24, 2.45) is 11.3 Å². The molecule has 6 nitrogen and oxygen atoms in total. The molecule has 2 saturated heterocycles. The molecule has 1 aromatic rings. The van der Waals surface area contributed by atoms with Crippen LogP contribution in [0.15, 0.2) is 12.4 Å². The Balaban J connectivity index is 1.73. The van der Waals surface area contributed by atoms with Gasteiger partial charge in [0.25, 0.3) is 0 Å². The van der Waals surface area contributed by atoms with Crippen molar-refractivity contribution in [2.75, 3.05) is 31.6 Å². The van der Waals surface area contributed by atoms with Gasteiger partial charge in [-0.2, -0.15) is 13.2 Å². The average Bonchev–Trinajstić information content (AvgIpc) is 2.56. The first-order chi connectivity index (χ1) is 11.8. The summed E-state index contributed by atoms with van der Waals surface area (Å²) in [5.74, 6) is -0.819. The summed E-state index contributed by atoms with van der Waals surface area (Å²) in [4.78, 5) is 21.9. The maximum Gasteiger partial charge on any atom is 0.392 e. The van der Waals surface area contributed by atoms with Crippen LogP contribution in [0.3, 0.4) is 0 Å². The second kappa shape index (κ2) is 6.78. The van der Waals surface area contributed by atoms with Crippen LogP contribution in [0.2, 0.25) is 0 Å². The second-order valence-electron chi connectivity index (χ2n) is 6.73. The summed E-state index contributed by atoms with van der Waals surface area (Å²) in [6.45, 7) is 2.48. The van der Waals surface area contributed by atoms with Gasteiger partial charge in [-0.15, -0.1) is 0 Å². The quantitative estimate of drug-likeness (QED) is 0.838. The molecule has 2 amide bonds. The molecule has 0 aliphatic carbocycles. The molecule has 1 aromatic heterocycles. The Labute approximate surface area is 143 Å². The third-order valence-corrected chi connectivity index (χ3v) is 5.14. The van der Waals surface area contributed by atoms with E-state index in [4.69, 9.17) is 4.74 Å². The number of rotatable bonds is 1. The van der Waals surface area contributed by atoms with E-state index in [0.717, 1.165) is 0 Å². The molecule has 1 spiro atoms. The smallest absolute Gasteiger partial charge is 0.381 e. The van der Waals surface area contributed by atoms with Gasteiger partial charge in [-0.3, -0.25) is 0 Å². The summed E-state index contributed by atoms with van der Waals surface area (Å²) in [5.41, 5.74) is -0.537. The number of hydrogen-bond acceptors (Lipinski definition) is 4. The van der Waals surface area contributed by atoms with E-state index in [1.54, 1.807) is 6.92 Å². The van der Waals surface area contributed by atoms with Crippen LogP contribution in [0.4, 0.5) is 23.7 Å². The number of amides is 2. The fourth-order valence-electron chi connectivity index (χ4n) is 3.79. The number of anilines is 1. The normalized spacial score (nSPS) is 23.5. The fourth-order valence-corrected chi connectivity index (χ4v) is 3.79. The number of urea groups is 1. The van der Waals surface area contributed by atoms with Gasteiger partial charge in [-0.1, -0.05) is 0 Å². The molecule has 2 aliphatic heterocycles. The van der Waals surface area contributed by atoms with Crippen molar-refractivity contribution in [1.29, 1.82) is 0 Å². The van der Waals surface area contributed by atoms with Crippen LogP contribution in [0.1, 0.15) is 25.1 Å². The molecule has 0 radical (unpaired) electrons. The highest BCUT2D eigenvalue weighted by molar-refractivity contribution is 5.89. The first-order valence-electron chi connectivity index (χ1n) is 8.29. The molecule has 9 heteroatoms. The van der Waals surface area contributed by atoms with Gasteiger partial charge >= 0.3 is 12.2 Å². The maximum atomic E-state index is 13.5. The number of hydrogen-bond donors (Lipinski definition) is 1. The number of aryl methyl sites for hydroxylation is 1. The van der Waals surface area contributed by atoms with E-state index in [-0.39, 0.29) is 19.5 Å². The molecular formula is C16H21F3N4O2. The van der Waals surface area contributed by atoms with Crippen LogP contribution in [0, 0.1) is 18.3 Å². The number of aromatic nitrogens is 2. The van der Waals surface area contributed by atoms with Gasteiger partial charge in [-0.25, -0.2) is 14.8 Å². The van der Waals surface area contributed by atoms with E-state index in [2.05, 4.69) is 15.3 Å². The molecule has 138 valence electrons. The van der Waals surface area contributed by atoms with Gasteiger partial charge in [0.1, 0.15) is 5.82 Å². The van der Waals surface area contributed by atoms with Gasteiger partial charge in [0.2, 0.25) is 0 Å². The number of ether oxygens (including phenoxy) is 1. The van der Waals surface area contributed by atoms with Gasteiger partial charge in [0, 0.05) is 31.7 Å². The minimum absolute atomic E-state index is 0.0747. The van der Waals surface area contributed by atoms with Crippen molar-refractivity contribution in [3.63, 3.8) is 0 Å². The lowest BCUT2D eigenvalue weighted by atomic mass is 9.66. The Morgan fingerprint density at radius 2 is 1.96 bits per heavy atom. The Morgan fingerprint density at radius 1 is 1.32 bits per heavy atom. The van der Waals surface area contributed by atoms with Crippen molar-refractivity contribution in [3.8, 4) is 0 Å². The maximum absolute atomic E-state index is 13.5. The highest BCUT2D eigenvalue weighted by Gasteiger charge is 2.56. The molecule has 0 bridgehead atoms. The van der Waals surface area contributed by atoms with Gasteiger partial charge in [-0.05, 0) is 26.2 Å². The monoisotopic (exact) mass is 358 g/mol. The molecule has 0 aromatic carbocycles. The highest BCUT2D eigenvalue weighted by Crippen LogP contribution is 2.50. The van der Waals surface area contributed by atoms with Crippen molar-refractivity contribution in [3.05, 3.63) is 18.2 Å². The molecule has 2 fully saturated rings. The van der Waals surface area contributed by atoms with Crippen molar-refractivity contribution in [2.45, 2.75) is 32.4 Å². The fraction of sp³-hybridized carbons (Fsp3) is 0.688. The van der Waals surface area contributed by atoms with Crippen molar-refractivity contribution in [1.82, 2.24) is 14.9 Å². The molecule has 25 heavy (non-hydrogen) atoms. The number of likely N-dealkylation sites (tertiary alicyclic amines) is 1. The molecular weight excluding hydrogens is 337 g/mol. The van der Waals surface area contributed by atoms with Gasteiger partial charge in [0.15, 0.2) is 0 Å². The first kappa shape index (κ1) is 17.9. The standard InChI is InChI=1S/C16H21F3N4O2/c1-11-20-8-12(9-21-11)22-14(24)23-5-2-13(16(17,18)19)15(10-23)3-6-25-7-4-15/h8-9,13H,2-7,10H2,1H3,(H,22,24). The van der Waals surface area contributed by atoms with E-state index in [1.807, 2.05) is 0 Å². The number of halogens is 3. The number of carbonyl (C=O) groups excluding carboxylic acids is 1. The summed E-state index contributed by atoms with van der Waals surface area (Å²) < 4.78 is 45.8. The van der Waals surface area contributed by atoms with E-state index in [9.17, 15) is 18.0 Å².